The van der Waals surface area contributed by atoms with Crippen molar-refractivity contribution in [3.8, 4) is 0 Å². The van der Waals surface area contributed by atoms with E-state index >= 15 is 0 Å². The van der Waals surface area contributed by atoms with Gasteiger partial charge in [0.2, 0.25) is 11.8 Å². The number of benzene rings is 2. The van der Waals surface area contributed by atoms with Crippen LogP contribution in [0.1, 0.15) is 16.9 Å². The topological polar surface area (TPSA) is 88.2 Å². The standard InChI is InChI=1S/C19H15N3O3S2/c23-16(9-15-17(24)22-19(25)27-15)21-18-20-10-13(26-18)8-12-6-3-5-11-4-1-2-7-14(11)12/h1-7,10,15H,8-9H2,(H,20,21,23)(H,22,24,25)/t15-/m0/s1. The Morgan fingerprint density at radius 2 is 1.96 bits per heavy atom. The molecule has 6 nitrogen and oxygen atoms in total. The molecule has 2 N–H and O–H groups in total. The summed E-state index contributed by atoms with van der Waals surface area (Å²) in [5.74, 6) is -0.751. The van der Waals surface area contributed by atoms with Crippen molar-refractivity contribution in [2.24, 2.45) is 0 Å². The monoisotopic (exact) mass is 397 g/mol. The van der Waals surface area contributed by atoms with Gasteiger partial charge < -0.3 is 5.32 Å². The summed E-state index contributed by atoms with van der Waals surface area (Å²) in [7, 11) is 0. The predicted molar refractivity (Wildman–Crippen MR) is 107 cm³/mol. The van der Waals surface area contributed by atoms with Crippen LogP contribution in [-0.2, 0) is 16.0 Å². The van der Waals surface area contributed by atoms with E-state index in [9.17, 15) is 14.4 Å². The predicted octanol–water partition coefficient (Wildman–Crippen LogP) is 3.57. The lowest BCUT2D eigenvalue weighted by molar-refractivity contribution is -0.122. The number of amides is 3. The Balaban J connectivity index is 1.42. The van der Waals surface area contributed by atoms with Crippen molar-refractivity contribution in [2.75, 3.05) is 5.32 Å². The van der Waals surface area contributed by atoms with Gasteiger partial charge in [0.1, 0.15) is 5.25 Å². The summed E-state index contributed by atoms with van der Waals surface area (Å²) in [5, 5.41) is 6.68. The van der Waals surface area contributed by atoms with Crippen molar-refractivity contribution >= 4 is 56.1 Å². The Labute approximate surface area is 163 Å². The van der Waals surface area contributed by atoms with Crippen LogP contribution in [0, 0.1) is 0 Å². The summed E-state index contributed by atoms with van der Waals surface area (Å²) in [6.07, 6.45) is 2.42. The Kier molecular flexibility index (Phi) is 4.91. The summed E-state index contributed by atoms with van der Waals surface area (Å²) in [6, 6.07) is 14.4. The summed E-state index contributed by atoms with van der Waals surface area (Å²) in [4.78, 5) is 40.1. The molecule has 2 heterocycles. The van der Waals surface area contributed by atoms with Crippen molar-refractivity contribution in [3.05, 3.63) is 59.1 Å². The van der Waals surface area contributed by atoms with Gasteiger partial charge in [0.05, 0.1) is 0 Å². The molecule has 1 aliphatic heterocycles. The van der Waals surface area contributed by atoms with Crippen LogP contribution < -0.4 is 10.6 Å². The highest BCUT2D eigenvalue weighted by atomic mass is 32.2. The van der Waals surface area contributed by atoms with Crippen molar-refractivity contribution in [1.82, 2.24) is 10.3 Å². The van der Waals surface area contributed by atoms with Gasteiger partial charge in [0.15, 0.2) is 5.13 Å². The second-order valence-corrected chi connectivity index (χ2v) is 8.37. The van der Waals surface area contributed by atoms with Gasteiger partial charge in [-0.2, -0.15) is 0 Å². The number of thiazole rings is 1. The zero-order chi connectivity index (χ0) is 18.8. The minimum Gasteiger partial charge on any atom is -0.302 e. The van der Waals surface area contributed by atoms with Crippen LogP contribution >= 0.6 is 23.1 Å². The highest BCUT2D eigenvalue weighted by Crippen LogP contribution is 2.27. The molecule has 1 atom stereocenters. The number of hydrogen-bond donors (Lipinski definition) is 2. The Bertz CT molecular complexity index is 1040. The van der Waals surface area contributed by atoms with Gasteiger partial charge in [0, 0.05) is 23.9 Å². The molecule has 0 radical (unpaired) electrons. The highest BCUT2D eigenvalue weighted by Gasteiger charge is 2.33. The number of nitrogens with one attached hydrogen (secondary N) is 2. The zero-order valence-electron chi connectivity index (χ0n) is 14.1. The minimum absolute atomic E-state index is 0.0551. The van der Waals surface area contributed by atoms with Gasteiger partial charge in [-0.1, -0.05) is 54.2 Å². The molecule has 0 saturated carbocycles. The average Bonchev–Trinajstić information content (AvgIpc) is 3.21. The quantitative estimate of drug-likeness (QED) is 0.687. The fourth-order valence-electron chi connectivity index (χ4n) is 2.95. The molecule has 27 heavy (non-hydrogen) atoms. The molecule has 2 aromatic carbocycles. The minimum atomic E-state index is -0.674. The van der Waals surface area contributed by atoms with Crippen LogP contribution in [0.25, 0.3) is 10.8 Å². The van der Waals surface area contributed by atoms with Gasteiger partial charge in [-0.25, -0.2) is 4.98 Å². The summed E-state index contributed by atoms with van der Waals surface area (Å²) >= 11 is 2.25. The first kappa shape index (κ1) is 17.7. The molecular formula is C19H15N3O3S2. The molecule has 4 rings (SSSR count). The molecule has 1 fully saturated rings. The number of carbonyl (C=O) groups excluding carboxylic acids is 3. The lowest BCUT2D eigenvalue weighted by atomic mass is 10.0. The molecule has 0 spiro atoms. The second kappa shape index (κ2) is 7.50. The number of carbonyl (C=O) groups is 3. The van der Waals surface area contributed by atoms with Crippen molar-refractivity contribution in [1.29, 1.82) is 0 Å². The van der Waals surface area contributed by atoms with E-state index in [0.717, 1.165) is 23.1 Å². The molecule has 3 amide bonds. The number of imide groups is 1. The maximum absolute atomic E-state index is 12.1. The summed E-state index contributed by atoms with van der Waals surface area (Å²) in [6.45, 7) is 0. The molecule has 8 heteroatoms. The van der Waals surface area contributed by atoms with E-state index in [4.69, 9.17) is 0 Å². The Morgan fingerprint density at radius 1 is 1.15 bits per heavy atom. The lowest BCUT2D eigenvalue weighted by Crippen LogP contribution is -2.27. The van der Waals surface area contributed by atoms with Crippen LogP contribution in [0.2, 0.25) is 0 Å². The zero-order valence-corrected chi connectivity index (χ0v) is 15.7. The molecule has 0 unspecified atom stereocenters. The lowest BCUT2D eigenvalue weighted by Gasteiger charge is -2.05. The van der Waals surface area contributed by atoms with E-state index in [0.29, 0.717) is 5.13 Å². The van der Waals surface area contributed by atoms with Crippen molar-refractivity contribution < 1.29 is 14.4 Å². The van der Waals surface area contributed by atoms with E-state index in [-0.39, 0.29) is 12.3 Å². The van der Waals surface area contributed by atoms with E-state index in [1.165, 1.54) is 27.7 Å². The van der Waals surface area contributed by atoms with Crippen LogP contribution in [0.15, 0.2) is 48.7 Å². The van der Waals surface area contributed by atoms with Gasteiger partial charge in [0.25, 0.3) is 5.24 Å². The van der Waals surface area contributed by atoms with Gasteiger partial charge in [-0.15, -0.1) is 11.3 Å². The molecule has 136 valence electrons. The number of rotatable bonds is 5. The Hall–Kier alpha value is -2.71. The van der Waals surface area contributed by atoms with Crippen molar-refractivity contribution in [3.63, 3.8) is 0 Å². The first-order valence-corrected chi connectivity index (χ1v) is 10.0. The molecule has 1 aromatic heterocycles. The van der Waals surface area contributed by atoms with Crippen LogP contribution in [0.3, 0.4) is 0 Å². The van der Waals surface area contributed by atoms with E-state index in [1.807, 2.05) is 18.2 Å². The third kappa shape index (κ3) is 4.01. The largest absolute Gasteiger partial charge is 0.302 e. The number of fused-ring (bicyclic) bond motifs is 1. The average molecular weight is 397 g/mol. The number of anilines is 1. The smallest absolute Gasteiger partial charge is 0.286 e. The molecule has 0 bridgehead atoms. The first-order valence-electron chi connectivity index (χ1n) is 8.31. The fourth-order valence-corrected chi connectivity index (χ4v) is 4.62. The van der Waals surface area contributed by atoms with Crippen molar-refractivity contribution in [2.45, 2.75) is 18.1 Å². The maximum Gasteiger partial charge on any atom is 0.286 e. The molecule has 1 saturated heterocycles. The number of hydrogen-bond acceptors (Lipinski definition) is 6. The SMILES string of the molecule is O=C(C[C@@H]1SC(=O)NC1=O)Nc1ncc(Cc2cccc3ccccc23)s1. The van der Waals surface area contributed by atoms with Gasteiger partial charge in [-0.3, -0.25) is 19.7 Å². The first-order chi connectivity index (χ1) is 13.1. The van der Waals surface area contributed by atoms with E-state index in [2.05, 4.69) is 39.9 Å². The van der Waals surface area contributed by atoms with Crippen LogP contribution in [0.5, 0.6) is 0 Å². The number of thioether (sulfide) groups is 1. The fraction of sp³-hybridized carbons (Fsp3) is 0.158. The second-order valence-electron chi connectivity index (χ2n) is 6.08. The van der Waals surface area contributed by atoms with Crippen LogP contribution in [-0.4, -0.2) is 27.3 Å². The van der Waals surface area contributed by atoms with Crippen LogP contribution in [0.4, 0.5) is 9.93 Å². The Morgan fingerprint density at radius 3 is 2.78 bits per heavy atom. The van der Waals surface area contributed by atoms with E-state index < -0.39 is 16.4 Å². The molecule has 1 aliphatic rings. The third-order valence-electron chi connectivity index (χ3n) is 4.18. The summed E-state index contributed by atoms with van der Waals surface area (Å²) < 4.78 is 0. The maximum atomic E-state index is 12.1. The summed E-state index contributed by atoms with van der Waals surface area (Å²) in [5.41, 5.74) is 1.20. The number of nitrogens with zero attached hydrogens (tertiary/aromatic N) is 1. The van der Waals surface area contributed by atoms with E-state index in [1.54, 1.807) is 6.20 Å². The molecular weight excluding hydrogens is 382 g/mol. The number of aromatic nitrogens is 1. The van der Waals surface area contributed by atoms with Gasteiger partial charge >= 0.3 is 0 Å². The third-order valence-corrected chi connectivity index (χ3v) is 6.08. The molecule has 0 aliphatic carbocycles. The highest BCUT2D eigenvalue weighted by molar-refractivity contribution is 8.15. The molecule has 3 aromatic rings. The normalized spacial score (nSPS) is 16.5. The van der Waals surface area contributed by atoms with Gasteiger partial charge in [-0.05, 0) is 16.3 Å².